The van der Waals surface area contributed by atoms with E-state index in [2.05, 4.69) is 17.2 Å². The van der Waals surface area contributed by atoms with Crippen molar-refractivity contribution in [3.63, 3.8) is 0 Å². The minimum atomic E-state index is -0.203. The maximum atomic E-state index is 13.3. The third-order valence-corrected chi connectivity index (χ3v) is 2.77. The second-order valence-electron chi connectivity index (χ2n) is 3.89. The standard InChI is InChI=1S/C13H15FN2/c1-4-9-6-10-7-11(14)5-8(2)12(10)16-13(9)15-3/h5-7H,4H2,1-3H3,(H,15,16). The molecule has 2 nitrogen and oxygen atoms in total. The van der Waals surface area contributed by atoms with Gasteiger partial charge >= 0.3 is 0 Å². The molecule has 0 aliphatic heterocycles. The number of nitrogens with zero attached hydrogens (tertiary/aromatic N) is 1. The molecule has 0 fully saturated rings. The molecule has 0 amide bonds. The highest BCUT2D eigenvalue weighted by atomic mass is 19.1. The van der Waals surface area contributed by atoms with Gasteiger partial charge in [0.15, 0.2) is 0 Å². The summed E-state index contributed by atoms with van der Waals surface area (Å²) >= 11 is 0. The number of pyridine rings is 1. The molecule has 16 heavy (non-hydrogen) atoms. The van der Waals surface area contributed by atoms with Crippen LogP contribution < -0.4 is 5.32 Å². The van der Waals surface area contributed by atoms with E-state index in [0.717, 1.165) is 34.3 Å². The molecular formula is C13H15FN2. The Bertz CT molecular complexity index is 535. The van der Waals surface area contributed by atoms with Gasteiger partial charge in [0, 0.05) is 12.4 Å². The van der Waals surface area contributed by atoms with Crippen molar-refractivity contribution in [1.29, 1.82) is 0 Å². The molecule has 0 saturated heterocycles. The number of aryl methyl sites for hydroxylation is 2. The van der Waals surface area contributed by atoms with E-state index in [1.807, 2.05) is 20.0 Å². The molecule has 0 unspecified atom stereocenters. The fourth-order valence-electron chi connectivity index (χ4n) is 1.95. The minimum Gasteiger partial charge on any atom is -0.373 e. The Morgan fingerprint density at radius 3 is 2.69 bits per heavy atom. The summed E-state index contributed by atoms with van der Waals surface area (Å²) in [5, 5.41) is 3.94. The number of halogens is 1. The van der Waals surface area contributed by atoms with Crippen molar-refractivity contribution in [2.75, 3.05) is 12.4 Å². The van der Waals surface area contributed by atoms with Crippen molar-refractivity contribution >= 4 is 16.7 Å². The van der Waals surface area contributed by atoms with Gasteiger partial charge in [-0.1, -0.05) is 6.92 Å². The number of aromatic nitrogens is 1. The van der Waals surface area contributed by atoms with E-state index in [0.29, 0.717) is 0 Å². The molecule has 1 aromatic heterocycles. The topological polar surface area (TPSA) is 24.9 Å². The normalized spacial score (nSPS) is 10.8. The summed E-state index contributed by atoms with van der Waals surface area (Å²) in [6, 6.07) is 5.05. The number of anilines is 1. The monoisotopic (exact) mass is 218 g/mol. The van der Waals surface area contributed by atoms with E-state index in [1.54, 1.807) is 0 Å². The van der Waals surface area contributed by atoms with Crippen LogP contribution in [0.4, 0.5) is 10.2 Å². The Balaban J connectivity index is 2.78. The van der Waals surface area contributed by atoms with Crippen LogP contribution in [0.25, 0.3) is 10.9 Å². The predicted octanol–water partition coefficient (Wildman–Crippen LogP) is 3.29. The Labute approximate surface area is 94.5 Å². The maximum Gasteiger partial charge on any atom is 0.129 e. The van der Waals surface area contributed by atoms with Gasteiger partial charge in [0.2, 0.25) is 0 Å². The van der Waals surface area contributed by atoms with Gasteiger partial charge in [-0.25, -0.2) is 9.37 Å². The number of rotatable bonds is 2. The quantitative estimate of drug-likeness (QED) is 0.836. The van der Waals surface area contributed by atoms with Crippen LogP contribution in [0, 0.1) is 12.7 Å². The highest BCUT2D eigenvalue weighted by molar-refractivity contribution is 5.84. The zero-order valence-corrected chi connectivity index (χ0v) is 9.76. The molecule has 1 N–H and O–H groups in total. The molecule has 1 aromatic carbocycles. The Morgan fingerprint density at radius 2 is 2.06 bits per heavy atom. The Kier molecular flexibility index (Phi) is 2.77. The van der Waals surface area contributed by atoms with Gasteiger partial charge in [0.1, 0.15) is 11.6 Å². The summed E-state index contributed by atoms with van der Waals surface area (Å²) in [5.41, 5.74) is 2.84. The molecule has 0 aliphatic rings. The molecular weight excluding hydrogens is 203 g/mol. The van der Waals surface area contributed by atoms with Gasteiger partial charge in [-0.15, -0.1) is 0 Å². The number of hydrogen-bond acceptors (Lipinski definition) is 2. The summed E-state index contributed by atoms with van der Waals surface area (Å²) < 4.78 is 13.3. The number of hydrogen-bond donors (Lipinski definition) is 1. The second-order valence-corrected chi connectivity index (χ2v) is 3.89. The van der Waals surface area contributed by atoms with Crippen LogP contribution in [0.2, 0.25) is 0 Å². The first kappa shape index (κ1) is 10.9. The molecule has 0 aliphatic carbocycles. The average molecular weight is 218 g/mol. The fourth-order valence-corrected chi connectivity index (χ4v) is 1.95. The number of fused-ring (bicyclic) bond motifs is 1. The van der Waals surface area contributed by atoms with Crippen molar-refractivity contribution in [3.05, 3.63) is 35.1 Å². The predicted molar refractivity (Wildman–Crippen MR) is 65.4 cm³/mol. The van der Waals surface area contributed by atoms with E-state index in [1.165, 1.54) is 12.1 Å². The van der Waals surface area contributed by atoms with E-state index < -0.39 is 0 Å². The van der Waals surface area contributed by atoms with Crippen LogP contribution in [0.3, 0.4) is 0 Å². The van der Waals surface area contributed by atoms with Crippen molar-refractivity contribution in [1.82, 2.24) is 4.98 Å². The zero-order valence-electron chi connectivity index (χ0n) is 9.76. The first-order valence-electron chi connectivity index (χ1n) is 5.43. The molecule has 0 radical (unpaired) electrons. The number of nitrogens with one attached hydrogen (secondary N) is 1. The molecule has 1 heterocycles. The lowest BCUT2D eigenvalue weighted by molar-refractivity contribution is 0.628. The van der Waals surface area contributed by atoms with Crippen LogP contribution >= 0.6 is 0 Å². The van der Waals surface area contributed by atoms with Gasteiger partial charge in [-0.3, -0.25) is 0 Å². The van der Waals surface area contributed by atoms with Crippen molar-refractivity contribution in [2.24, 2.45) is 0 Å². The Hall–Kier alpha value is -1.64. The summed E-state index contributed by atoms with van der Waals surface area (Å²) in [4.78, 5) is 4.53. The largest absolute Gasteiger partial charge is 0.373 e. The SMILES string of the molecule is CCc1cc2cc(F)cc(C)c2nc1NC. The van der Waals surface area contributed by atoms with Crippen LogP contribution in [0.15, 0.2) is 18.2 Å². The molecule has 3 heteroatoms. The smallest absolute Gasteiger partial charge is 0.129 e. The van der Waals surface area contributed by atoms with E-state index >= 15 is 0 Å². The van der Waals surface area contributed by atoms with E-state index in [9.17, 15) is 4.39 Å². The highest BCUT2D eigenvalue weighted by Crippen LogP contribution is 2.24. The summed E-state index contributed by atoms with van der Waals surface area (Å²) in [6.07, 6.45) is 0.884. The first-order chi connectivity index (χ1) is 7.65. The third-order valence-electron chi connectivity index (χ3n) is 2.77. The molecule has 0 saturated carbocycles. The average Bonchev–Trinajstić information content (AvgIpc) is 2.27. The van der Waals surface area contributed by atoms with Crippen LogP contribution in [-0.4, -0.2) is 12.0 Å². The molecule has 0 spiro atoms. The van der Waals surface area contributed by atoms with Gasteiger partial charge in [-0.2, -0.15) is 0 Å². The lowest BCUT2D eigenvalue weighted by atomic mass is 10.1. The summed E-state index contributed by atoms with van der Waals surface area (Å²) in [5.74, 6) is 0.677. The molecule has 0 atom stereocenters. The van der Waals surface area contributed by atoms with Crippen LogP contribution in [0.5, 0.6) is 0 Å². The van der Waals surface area contributed by atoms with E-state index in [-0.39, 0.29) is 5.82 Å². The number of benzene rings is 1. The maximum absolute atomic E-state index is 13.3. The fraction of sp³-hybridized carbons (Fsp3) is 0.308. The summed E-state index contributed by atoms with van der Waals surface area (Å²) in [7, 11) is 1.85. The van der Waals surface area contributed by atoms with Crippen molar-refractivity contribution in [2.45, 2.75) is 20.3 Å². The lowest BCUT2D eigenvalue weighted by Crippen LogP contribution is -1.99. The van der Waals surface area contributed by atoms with Gasteiger partial charge < -0.3 is 5.32 Å². The molecule has 0 bridgehead atoms. The van der Waals surface area contributed by atoms with Crippen molar-refractivity contribution in [3.8, 4) is 0 Å². The van der Waals surface area contributed by atoms with Gasteiger partial charge in [0.25, 0.3) is 0 Å². The van der Waals surface area contributed by atoms with Gasteiger partial charge in [-0.05, 0) is 42.7 Å². The van der Waals surface area contributed by atoms with Gasteiger partial charge in [0.05, 0.1) is 5.52 Å². The van der Waals surface area contributed by atoms with Crippen molar-refractivity contribution < 1.29 is 4.39 Å². The summed E-state index contributed by atoms with van der Waals surface area (Å²) in [6.45, 7) is 3.94. The molecule has 2 rings (SSSR count). The first-order valence-corrected chi connectivity index (χ1v) is 5.43. The second kappa shape index (κ2) is 4.08. The third kappa shape index (κ3) is 1.73. The van der Waals surface area contributed by atoms with E-state index in [4.69, 9.17) is 0 Å². The highest BCUT2D eigenvalue weighted by Gasteiger charge is 2.07. The van der Waals surface area contributed by atoms with Crippen LogP contribution in [-0.2, 0) is 6.42 Å². The zero-order chi connectivity index (χ0) is 11.7. The molecule has 2 aromatic rings. The Morgan fingerprint density at radius 1 is 1.31 bits per heavy atom. The molecule has 84 valence electrons. The van der Waals surface area contributed by atoms with Crippen LogP contribution in [0.1, 0.15) is 18.1 Å². The minimum absolute atomic E-state index is 0.203. The lowest BCUT2D eigenvalue weighted by Gasteiger charge is -2.10.